The van der Waals surface area contributed by atoms with Gasteiger partial charge in [-0.15, -0.1) is 0 Å². The van der Waals surface area contributed by atoms with Crippen molar-refractivity contribution in [3.8, 4) is 0 Å². The summed E-state index contributed by atoms with van der Waals surface area (Å²) in [7, 11) is 0. The predicted octanol–water partition coefficient (Wildman–Crippen LogP) is 2.19. The molecule has 0 aliphatic rings. The second-order valence-corrected chi connectivity index (χ2v) is 4.35. The molecule has 1 aromatic carbocycles. The number of hydrogen-bond acceptors (Lipinski definition) is 3. The van der Waals surface area contributed by atoms with E-state index < -0.39 is 11.5 Å². The summed E-state index contributed by atoms with van der Waals surface area (Å²) in [5, 5.41) is 0. The summed E-state index contributed by atoms with van der Waals surface area (Å²) < 4.78 is 5.87. The number of carbonyl (C=O) groups is 1. The van der Waals surface area contributed by atoms with Gasteiger partial charge in [-0.3, -0.25) is 0 Å². The quantitative estimate of drug-likeness (QED) is 0.858. The zero-order chi connectivity index (χ0) is 11.5. The Morgan fingerprint density at radius 1 is 1.47 bits per heavy atom. The van der Waals surface area contributed by atoms with Crippen LogP contribution in [-0.2, 0) is 15.1 Å². The summed E-state index contributed by atoms with van der Waals surface area (Å²) in [5.74, 6) is -0.410. The summed E-state index contributed by atoms with van der Waals surface area (Å²) in [6.07, 6.45) is 0. The summed E-state index contributed by atoms with van der Waals surface area (Å²) in [6.45, 7) is 3.74. The fourth-order valence-corrected chi connectivity index (χ4v) is 1.46. The first kappa shape index (κ1) is 12.2. The minimum absolute atomic E-state index is 0.335. The Morgan fingerprint density at radius 2 is 2.00 bits per heavy atom. The Hall–Kier alpha value is -0.870. The molecule has 2 N–H and O–H groups in total. The number of rotatable bonds is 3. The van der Waals surface area contributed by atoms with Crippen molar-refractivity contribution in [3.63, 3.8) is 0 Å². The van der Waals surface area contributed by atoms with E-state index in [0.717, 1.165) is 10.0 Å². The first-order chi connectivity index (χ1) is 6.98. The van der Waals surface area contributed by atoms with Crippen molar-refractivity contribution in [2.75, 3.05) is 6.61 Å². The lowest BCUT2D eigenvalue weighted by atomic mass is 9.93. The van der Waals surface area contributed by atoms with E-state index in [1.807, 2.05) is 12.1 Å². The molecule has 0 saturated heterocycles. The highest BCUT2D eigenvalue weighted by atomic mass is 79.9. The van der Waals surface area contributed by atoms with Crippen molar-refractivity contribution in [1.82, 2.24) is 0 Å². The van der Waals surface area contributed by atoms with Crippen molar-refractivity contribution in [3.05, 3.63) is 34.3 Å². The molecule has 1 aromatic rings. The van der Waals surface area contributed by atoms with Crippen LogP contribution in [0.3, 0.4) is 0 Å². The van der Waals surface area contributed by atoms with Crippen molar-refractivity contribution in [2.45, 2.75) is 19.4 Å². The predicted molar refractivity (Wildman–Crippen MR) is 62.3 cm³/mol. The topological polar surface area (TPSA) is 52.3 Å². The van der Waals surface area contributed by atoms with Gasteiger partial charge in [0.05, 0.1) is 6.61 Å². The molecule has 0 radical (unpaired) electrons. The van der Waals surface area contributed by atoms with Gasteiger partial charge in [0.1, 0.15) is 5.54 Å². The molecule has 0 aromatic heterocycles. The van der Waals surface area contributed by atoms with Crippen LogP contribution < -0.4 is 5.73 Å². The van der Waals surface area contributed by atoms with E-state index in [-0.39, 0.29) is 0 Å². The molecule has 0 bridgehead atoms. The highest BCUT2D eigenvalue weighted by Gasteiger charge is 2.31. The Kier molecular flexibility index (Phi) is 3.88. The van der Waals surface area contributed by atoms with E-state index in [2.05, 4.69) is 15.9 Å². The molecule has 0 fully saturated rings. The average Bonchev–Trinajstić information content (AvgIpc) is 2.18. The van der Waals surface area contributed by atoms with Gasteiger partial charge in [-0.2, -0.15) is 0 Å². The number of benzene rings is 1. The number of nitrogens with two attached hydrogens (primary N) is 1. The van der Waals surface area contributed by atoms with Crippen LogP contribution in [0.25, 0.3) is 0 Å². The lowest BCUT2D eigenvalue weighted by molar-refractivity contribution is -0.149. The van der Waals surface area contributed by atoms with E-state index in [9.17, 15) is 4.79 Å². The largest absolute Gasteiger partial charge is 0.464 e. The molecule has 0 unspecified atom stereocenters. The van der Waals surface area contributed by atoms with Crippen LogP contribution in [0.1, 0.15) is 19.4 Å². The van der Waals surface area contributed by atoms with Crippen molar-refractivity contribution in [2.24, 2.45) is 5.73 Å². The first-order valence-electron chi connectivity index (χ1n) is 4.70. The Balaban J connectivity index is 2.94. The van der Waals surface area contributed by atoms with E-state index in [1.54, 1.807) is 26.0 Å². The minimum atomic E-state index is -1.09. The third-order valence-electron chi connectivity index (χ3n) is 2.14. The molecule has 1 rings (SSSR count). The van der Waals surface area contributed by atoms with Crippen molar-refractivity contribution < 1.29 is 9.53 Å². The molecule has 15 heavy (non-hydrogen) atoms. The summed E-state index contributed by atoms with van der Waals surface area (Å²) >= 11 is 3.32. The van der Waals surface area contributed by atoms with Crippen molar-refractivity contribution in [1.29, 1.82) is 0 Å². The summed E-state index contributed by atoms with van der Waals surface area (Å²) in [4.78, 5) is 11.6. The second kappa shape index (κ2) is 4.77. The van der Waals surface area contributed by atoms with Crippen LogP contribution in [-0.4, -0.2) is 12.6 Å². The maximum absolute atomic E-state index is 11.6. The lowest BCUT2D eigenvalue weighted by Gasteiger charge is -2.22. The number of ether oxygens (including phenoxy) is 1. The lowest BCUT2D eigenvalue weighted by Crippen LogP contribution is -2.43. The molecule has 1 atom stereocenters. The van der Waals surface area contributed by atoms with Crippen LogP contribution in [0.5, 0.6) is 0 Å². The van der Waals surface area contributed by atoms with Gasteiger partial charge in [-0.1, -0.05) is 28.1 Å². The smallest absolute Gasteiger partial charge is 0.330 e. The van der Waals surface area contributed by atoms with Gasteiger partial charge in [0, 0.05) is 4.47 Å². The fraction of sp³-hybridized carbons (Fsp3) is 0.364. The number of hydrogen-bond donors (Lipinski definition) is 1. The fourth-order valence-electron chi connectivity index (χ4n) is 1.19. The highest BCUT2D eigenvalue weighted by molar-refractivity contribution is 9.10. The van der Waals surface area contributed by atoms with E-state index >= 15 is 0 Å². The first-order valence-corrected chi connectivity index (χ1v) is 5.50. The van der Waals surface area contributed by atoms with Crippen LogP contribution >= 0.6 is 15.9 Å². The molecule has 82 valence electrons. The summed E-state index contributed by atoms with van der Waals surface area (Å²) in [5.41, 5.74) is 5.58. The Bertz CT molecular complexity index is 346. The SMILES string of the molecule is CCOC(=O)[C@@](C)(N)c1ccc(Br)cc1. The molecule has 0 aliphatic heterocycles. The monoisotopic (exact) mass is 271 g/mol. The van der Waals surface area contributed by atoms with Crippen LogP contribution in [0.15, 0.2) is 28.7 Å². The Morgan fingerprint density at radius 3 is 2.47 bits per heavy atom. The van der Waals surface area contributed by atoms with Gasteiger partial charge in [0.2, 0.25) is 0 Å². The zero-order valence-electron chi connectivity index (χ0n) is 8.79. The molecule has 0 amide bonds. The molecular weight excluding hydrogens is 258 g/mol. The maximum Gasteiger partial charge on any atom is 0.330 e. The highest BCUT2D eigenvalue weighted by Crippen LogP contribution is 2.21. The minimum Gasteiger partial charge on any atom is -0.464 e. The van der Waals surface area contributed by atoms with Gasteiger partial charge >= 0.3 is 5.97 Å². The van der Waals surface area contributed by atoms with Crippen LogP contribution in [0.2, 0.25) is 0 Å². The van der Waals surface area contributed by atoms with Gasteiger partial charge in [-0.25, -0.2) is 4.79 Å². The molecule has 3 nitrogen and oxygen atoms in total. The van der Waals surface area contributed by atoms with Crippen LogP contribution in [0.4, 0.5) is 0 Å². The normalized spacial score (nSPS) is 14.4. The van der Waals surface area contributed by atoms with Crippen LogP contribution in [0, 0.1) is 0 Å². The summed E-state index contributed by atoms with van der Waals surface area (Å²) in [6, 6.07) is 7.31. The third-order valence-corrected chi connectivity index (χ3v) is 2.67. The van der Waals surface area contributed by atoms with E-state index in [4.69, 9.17) is 10.5 Å². The standard InChI is InChI=1S/C11H14BrNO2/c1-3-15-10(14)11(2,13)8-4-6-9(12)7-5-8/h4-7H,3,13H2,1-2H3/t11-/m0/s1. The molecule has 0 heterocycles. The third kappa shape index (κ3) is 2.79. The molecule has 0 spiro atoms. The van der Waals surface area contributed by atoms with Gasteiger partial charge in [0.15, 0.2) is 0 Å². The van der Waals surface area contributed by atoms with Crippen molar-refractivity contribution >= 4 is 21.9 Å². The molecule has 4 heteroatoms. The number of halogens is 1. The average molecular weight is 272 g/mol. The second-order valence-electron chi connectivity index (χ2n) is 3.43. The number of esters is 1. The van der Waals surface area contributed by atoms with Gasteiger partial charge < -0.3 is 10.5 Å². The van der Waals surface area contributed by atoms with Gasteiger partial charge in [0.25, 0.3) is 0 Å². The molecular formula is C11H14BrNO2. The van der Waals surface area contributed by atoms with E-state index in [0.29, 0.717) is 6.61 Å². The van der Waals surface area contributed by atoms with Gasteiger partial charge in [-0.05, 0) is 31.5 Å². The molecule has 0 aliphatic carbocycles. The Labute approximate surface area is 97.7 Å². The maximum atomic E-state index is 11.6. The number of carbonyl (C=O) groups excluding carboxylic acids is 1. The zero-order valence-corrected chi connectivity index (χ0v) is 10.4. The van der Waals surface area contributed by atoms with E-state index in [1.165, 1.54) is 0 Å². The molecule has 0 saturated carbocycles.